The van der Waals surface area contributed by atoms with Crippen LogP contribution in [0.1, 0.15) is 22.7 Å². The molecule has 1 atom stereocenters. The number of aryl methyl sites for hydroxylation is 2. The molecule has 0 saturated heterocycles. The van der Waals surface area contributed by atoms with E-state index in [1.807, 2.05) is 32.4 Å². The van der Waals surface area contributed by atoms with Crippen LogP contribution in [-0.2, 0) is 26.6 Å². The Labute approximate surface area is 146 Å². The first-order valence-electron chi connectivity index (χ1n) is 8.36. The van der Waals surface area contributed by atoms with Crippen molar-refractivity contribution < 1.29 is 9.15 Å². The van der Waals surface area contributed by atoms with Gasteiger partial charge in [-0.3, -0.25) is 4.90 Å². The summed E-state index contributed by atoms with van der Waals surface area (Å²) in [6.07, 6.45) is 7.99. The molecule has 0 saturated carbocycles. The summed E-state index contributed by atoms with van der Waals surface area (Å²) >= 11 is 0. The first kappa shape index (κ1) is 15.8. The molecule has 0 aromatic carbocycles. The van der Waals surface area contributed by atoms with Crippen LogP contribution in [0, 0.1) is 6.92 Å². The summed E-state index contributed by atoms with van der Waals surface area (Å²) in [4.78, 5) is 15.3. The van der Waals surface area contributed by atoms with Crippen LogP contribution < -0.4 is 4.74 Å². The highest BCUT2D eigenvalue weighted by Crippen LogP contribution is 2.24. The molecule has 0 bridgehead atoms. The van der Waals surface area contributed by atoms with E-state index < -0.39 is 0 Å². The lowest BCUT2D eigenvalue weighted by Crippen LogP contribution is -2.44. The van der Waals surface area contributed by atoms with Gasteiger partial charge in [-0.15, -0.1) is 0 Å². The Morgan fingerprint density at radius 1 is 1.28 bits per heavy atom. The lowest BCUT2D eigenvalue weighted by molar-refractivity contribution is 0.0954. The van der Waals surface area contributed by atoms with E-state index in [1.54, 1.807) is 18.7 Å². The van der Waals surface area contributed by atoms with Crippen molar-refractivity contribution in [1.82, 2.24) is 24.4 Å². The van der Waals surface area contributed by atoms with E-state index in [0.29, 0.717) is 12.6 Å². The van der Waals surface area contributed by atoms with Crippen LogP contribution in [0.2, 0.25) is 0 Å². The largest absolute Gasteiger partial charge is 0.468 e. The van der Waals surface area contributed by atoms with Crippen LogP contribution in [0.15, 0.2) is 41.5 Å². The van der Waals surface area contributed by atoms with Crippen LogP contribution in [0.4, 0.5) is 0 Å². The Morgan fingerprint density at radius 2 is 2.12 bits per heavy atom. The van der Waals surface area contributed by atoms with Crippen LogP contribution in [0.25, 0.3) is 0 Å². The number of aromatic nitrogens is 4. The number of hydrogen-bond donors (Lipinski definition) is 0. The number of nitrogens with zero attached hydrogens (tertiary/aromatic N) is 5. The molecule has 0 aliphatic carbocycles. The van der Waals surface area contributed by atoms with Gasteiger partial charge in [0.15, 0.2) is 0 Å². The van der Waals surface area contributed by atoms with Crippen molar-refractivity contribution in [2.45, 2.75) is 32.5 Å². The van der Waals surface area contributed by atoms with E-state index in [-0.39, 0.29) is 6.04 Å². The molecule has 130 valence electrons. The van der Waals surface area contributed by atoms with Crippen LogP contribution in [0.3, 0.4) is 0 Å². The average molecular weight is 339 g/mol. The van der Waals surface area contributed by atoms with E-state index in [0.717, 1.165) is 36.5 Å². The van der Waals surface area contributed by atoms with Gasteiger partial charge in [-0.25, -0.2) is 15.0 Å². The molecule has 1 aliphatic rings. The molecular formula is C18H21N5O2. The fraction of sp³-hybridized carbons (Fsp3) is 0.389. The number of rotatable bonds is 5. The molecule has 0 fully saturated rings. The van der Waals surface area contributed by atoms with Crippen molar-refractivity contribution in [3.63, 3.8) is 0 Å². The summed E-state index contributed by atoms with van der Waals surface area (Å²) in [6, 6.07) is 4.53. The SMILES string of the molecule is Cc1cnc(OC[C@@H]2Cc3c(ncn3C)CN2Cc2ccco2)nc1. The van der Waals surface area contributed by atoms with E-state index in [4.69, 9.17) is 9.15 Å². The molecule has 25 heavy (non-hydrogen) atoms. The van der Waals surface area contributed by atoms with Gasteiger partial charge in [-0.1, -0.05) is 0 Å². The molecule has 0 unspecified atom stereocenters. The summed E-state index contributed by atoms with van der Waals surface area (Å²) in [5.41, 5.74) is 3.40. The highest BCUT2D eigenvalue weighted by molar-refractivity contribution is 5.19. The molecule has 4 rings (SSSR count). The monoisotopic (exact) mass is 339 g/mol. The van der Waals surface area contributed by atoms with Gasteiger partial charge in [0.25, 0.3) is 0 Å². The maximum Gasteiger partial charge on any atom is 0.316 e. The second kappa shape index (κ2) is 6.68. The van der Waals surface area contributed by atoms with Gasteiger partial charge in [0.05, 0.1) is 30.9 Å². The zero-order chi connectivity index (χ0) is 17.2. The smallest absolute Gasteiger partial charge is 0.316 e. The Bertz CT molecular complexity index is 826. The topological polar surface area (TPSA) is 69.2 Å². The Morgan fingerprint density at radius 3 is 2.88 bits per heavy atom. The molecule has 0 amide bonds. The number of fused-ring (bicyclic) bond motifs is 1. The normalized spacial score (nSPS) is 17.4. The quantitative estimate of drug-likeness (QED) is 0.709. The molecule has 7 nitrogen and oxygen atoms in total. The van der Waals surface area contributed by atoms with E-state index >= 15 is 0 Å². The Hall–Kier alpha value is -2.67. The van der Waals surface area contributed by atoms with E-state index in [1.165, 1.54) is 5.69 Å². The number of hydrogen-bond acceptors (Lipinski definition) is 6. The summed E-state index contributed by atoms with van der Waals surface area (Å²) in [6.45, 7) is 3.99. The van der Waals surface area contributed by atoms with Gasteiger partial charge in [0.1, 0.15) is 12.4 Å². The van der Waals surface area contributed by atoms with Crippen molar-refractivity contribution in [1.29, 1.82) is 0 Å². The van der Waals surface area contributed by atoms with Crippen molar-refractivity contribution in [2.24, 2.45) is 7.05 Å². The summed E-state index contributed by atoms with van der Waals surface area (Å²) in [7, 11) is 2.04. The first-order valence-corrected chi connectivity index (χ1v) is 8.36. The Kier molecular flexibility index (Phi) is 4.23. The Balaban J connectivity index is 1.51. The molecule has 3 aromatic rings. The zero-order valence-electron chi connectivity index (χ0n) is 14.4. The van der Waals surface area contributed by atoms with Crippen molar-refractivity contribution in [3.8, 4) is 6.01 Å². The molecular weight excluding hydrogens is 318 g/mol. The molecule has 7 heteroatoms. The molecule has 1 aliphatic heterocycles. The predicted molar refractivity (Wildman–Crippen MR) is 90.9 cm³/mol. The lowest BCUT2D eigenvalue weighted by Gasteiger charge is -2.34. The van der Waals surface area contributed by atoms with Gasteiger partial charge in [0.2, 0.25) is 0 Å². The van der Waals surface area contributed by atoms with Gasteiger partial charge in [0, 0.05) is 38.1 Å². The van der Waals surface area contributed by atoms with Crippen molar-refractivity contribution in [3.05, 3.63) is 59.8 Å². The molecule has 0 N–H and O–H groups in total. The van der Waals surface area contributed by atoms with E-state index in [9.17, 15) is 0 Å². The van der Waals surface area contributed by atoms with Gasteiger partial charge < -0.3 is 13.7 Å². The number of furan rings is 1. The van der Waals surface area contributed by atoms with Crippen molar-refractivity contribution >= 4 is 0 Å². The minimum atomic E-state index is 0.206. The maximum atomic E-state index is 5.86. The fourth-order valence-corrected chi connectivity index (χ4v) is 3.15. The summed E-state index contributed by atoms with van der Waals surface area (Å²) in [5.74, 6) is 0.941. The lowest BCUT2D eigenvalue weighted by atomic mass is 10.0. The summed E-state index contributed by atoms with van der Waals surface area (Å²) < 4.78 is 13.5. The standard InChI is InChI=1S/C18H21N5O2/c1-13-7-19-18(20-8-13)25-11-14-6-17-16(21-12-22(17)2)10-23(14)9-15-4-3-5-24-15/h3-5,7-8,12,14H,6,9-11H2,1-2H3/t14-/m0/s1. The maximum absolute atomic E-state index is 5.86. The third-order valence-electron chi connectivity index (χ3n) is 4.54. The molecule has 0 spiro atoms. The van der Waals surface area contributed by atoms with Crippen LogP contribution >= 0.6 is 0 Å². The number of imidazole rings is 1. The second-order valence-electron chi connectivity index (χ2n) is 6.45. The fourth-order valence-electron chi connectivity index (χ4n) is 3.15. The molecule has 3 aromatic heterocycles. The second-order valence-corrected chi connectivity index (χ2v) is 6.45. The highest BCUT2D eigenvalue weighted by atomic mass is 16.5. The van der Waals surface area contributed by atoms with E-state index in [2.05, 4.69) is 24.4 Å². The minimum Gasteiger partial charge on any atom is -0.468 e. The third kappa shape index (κ3) is 3.41. The average Bonchev–Trinajstić information content (AvgIpc) is 3.25. The number of ether oxygens (including phenoxy) is 1. The van der Waals surface area contributed by atoms with Gasteiger partial charge in [-0.2, -0.15) is 0 Å². The highest BCUT2D eigenvalue weighted by Gasteiger charge is 2.30. The molecule has 0 radical (unpaired) electrons. The summed E-state index contributed by atoms with van der Waals surface area (Å²) in [5, 5.41) is 0. The third-order valence-corrected chi connectivity index (χ3v) is 4.54. The molecule has 4 heterocycles. The van der Waals surface area contributed by atoms with Crippen molar-refractivity contribution in [2.75, 3.05) is 6.61 Å². The van der Waals surface area contributed by atoms with Crippen LogP contribution in [0.5, 0.6) is 6.01 Å². The van der Waals surface area contributed by atoms with Gasteiger partial charge in [-0.05, 0) is 24.6 Å². The van der Waals surface area contributed by atoms with Gasteiger partial charge >= 0.3 is 6.01 Å². The predicted octanol–water partition coefficient (Wildman–Crippen LogP) is 2.12. The zero-order valence-corrected chi connectivity index (χ0v) is 14.4. The minimum absolute atomic E-state index is 0.206. The first-order chi connectivity index (χ1) is 12.2. The van der Waals surface area contributed by atoms with Crippen LogP contribution in [-0.4, -0.2) is 37.1 Å².